The maximum atomic E-state index is 12.8. The Morgan fingerprint density at radius 2 is 2.22 bits per heavy atom. The fraction of sp³-hybridized carbons (Fsp3) is 0.438. The van der Waals surface area contributed by atoms with Crippen LogP contribution in [0.1, 0.15) is 24.1 Å². The molecule has 0 spiro atoms. The molecule has 0 fully saturated rings. The number of benzene rings is 1. The summed E-state index contributed by atoms with van der Waals surface area (Å²) in [6.07, 6.45) is -2.55. The van der Waals surface area contributed by atoms with Gasteiger partial charge in [-0.25, -0.2) is 4.68 Å². The van der Waals surface area contributed by atoms with E-state index < -0.39 is 11.7 Å². The Bertz CT molecular complexity index is 665. The number of nitrogens with one attached hydrogen (secondary N) is 2. The van der Waals surface area contributed by atoms with Gasteiger partial charge < -0.3 is 10.6 Å². The van der Waals surface area contributed by atoms with E-state index in [-0.39, 0.29) is 6.04 Å². The minimum absolute atomic E-state index is 0.142. The summed E-state index contributed by atoms with van der Waals surface area (Å²) in [7, 11) is 0. The minimum atomic E-state index is -4.31. The Hall–Kier alpha value is -2.02. The van der Waals surface area contributed by atoms with E-state index in [1.165, 1.54) is 12.1 Å². The first-order chi connectivity index (χ1) is 10.9. The van der Waals surface area contributed by atoms with Crippen LogP contribution in [0, 0.1) is 5.92 Å². The van der Waals surface area contributed by atoms with Gasteiger partial charge in [0, 0.05) is 37.7 Å². The lowest BCUT2D eigenvalue weighted by atomic mass is 10.0. The van der Waals surface area contributed by atoms with Gasteiger partial charge in [-0.2, -0.15) is 18.3 Å². The van der Waals surface area contributed by atoms with Gasteiger partial charge in [0.15, 0.2) is 0 Å². The van der Waals surface area contributed by atoms with Crippen molar-refractivity contribution in [2.75, 3.05) is 18.4 Å². The van der Waals surface area contributed by atoms with E-state index in [2.05, 4.69) is 15.7 Å². The van der Waals surface area contributed by atoms with Crippen molar-refractivity contribution >= 4 is 5.82 Å². The Morgan fingerprint density at radius 3 is 3.00 bits per heavy atom. The van der Waals surface area contributed by atoms with Crippen molar-refractivity contribution in [1.29, 1.82) is 0 Å². The van der Waals surface area contributed by atoms with E-state index in [4.69, 9.17) is 0 Å². The van der Waals surface area contributed by atoms with Gasteiger partial charge in [-0.05, 0) is 24.6 Å². The number of halogens is 3. The minimum Gasteiger partial charge on any atom is -0.370 e. The number of nitrogens with zero attached hydrogens (tertiary/aromatic N) is 2. The van der Waals surface area contributed by atoms with E-state index in [9.17, 15) is 13.2 Å². The molecule has 0 bridgehead atoms. The van der Waals surface area contributed by atoms with Crippen molar-refractivity contribution in [2.24, 2.45) is 5.92 Å². The van der Waals surface area contributed by atoms with Gasteiger partial charge in [-0.1, -0.05) is 12.1 Å². The number of aromatic nitrogens is 2. The van der Waals surface area contributed by atoms with Crippen molar-refractivity contribution in [3.63, 3.8) is 0 Å². The second-order valence-electron chi connectivity index (χ2n) is 5.90. The molecule has 0 aliphatic carbocycles. The molecule has 0 radical (unpaired) electrons. The number of hydrogen-bond donors (Lipinski definition) is 2. The average Bonchev–Trinajstić information content (AvgIpc) is 2.99. The first kappa shape index (κ1) is 15.9. The molecule has 0 saturated carbocycles. The first-order valence-electron chi connectivity index (χ1n) is 7.59. The topological polar surface area (TPSA) is 41.9 Å². The quantitative estimate of drug-likeness (QED) is 0.907. The molecule has 2 heterocycles. The molecule has 4 nitrogen and oxygen atoms in total. The van der Waals surface area contributed by atoms with Crippen LogP contribution in [0.3, 0.4) is 0 Å². The molecule has 23 heavy (non-hydrogen) atoms. The Labute approximate surface area is 132 Å². The zero-order valence-electron chi connectivity index (χ0n) is 12.8. The standard InChI is InChI=1S/C16H19F3N4/c1-11(13-3-2-4-14(7-13)16(17,18)19)20-8-12-9-21-15-5-6-22-23(15)10-12/h2-7,11-12,20-21H,8-10H2,1H3/t11-,12-/m0/s1. The van der Waals surface area contributed by atoms with Gasteiger partial charge in [-0.3, -0.25) is 0 Å². The van der Waals surface area contributed by atoms with Gasteiger partial charge in [0.25, 0.3) is 0 Å². The highest BCUT2D eigenvalue weighted by Crippen LogP contribution is 2.30. The average molecular weight is 324 g/mol. The second-order valence-corrected chi connectivity index (χ2v) is 5.90. The summed E-state index contributed by atoms with van der Waals surface area (Å²) < 4.78 is 40.2. The van der Waals surface area contributed by atoms with Crippen LogP contribution in [-0.4, -0.2) is 22.9 Å². The zero-order valence-corrected chi connectivity index (χ0v) is 12.8. The van der Waals surface area contributed by atoms with Gasteiger partial charge >= 0.3 is 6.18 Å². The van der Waals surface area contributed by atoms with Crippen molar-refractivity contribution in [3.8, 4) is 0 Å². The van der Waals surface area contributed by atoms with Crippen molar-refractivity contribution in [2.45, 2.75) is 25.7 Å². The van der Waals surface area contributed by atoms with Crippen LogP contribution in [0.2, 0.25) is 0 Å². The van der Waals surface area contributed by atoms with E-state index in [1.54, 1.807) is 12.3 Å². The van der Waals surface area contributed by atoms with Gasteiger partial charge in [0.2, 0.25) is 0 Å². The van der Waals surface area contributed by atoms with Crippen molar-refractivity contribution in [1.82, 2.24) is 15.1 Å². The largest absolute Gasteiger partial charge is 0.416 e. The van der Waals surface area contributed by atoms with Gasteiger partial charge in [0.1, 0.15) is 5.82 Å². The lowest BCUT2D eigenvalue weighted by molar-refractivity contribution is -0.137. The molecule has 3 rings (SSSR count). The maximum Gasteiger partial charge on any atom is 0.416 e. The van der Waals surface area contributed by atoms with Crippen LogP contribution in [0.4, 0.5) is 19.0 Å². The molecule has 2 N–H and O–H groups in total. The smallest absolute Gasteiger partial charge is 0.370 e. The highest BCUT2D eigenvalue weighted by atomic mass is 19.4. The van der Waals surface area contributed by atoms with Crippen LogP contribution in [0.5, 0.6) is 0 Å². The first-order valence-corrected chi connectivity index (χ1v) is 7.59. The monoisotopic (exact) mass is 324 g/mol. The van der Waals surface area contributed by atoms with Gasteiger partial charge in [-0.15, -0.1) is 0 Å². The summed E-state index contributed by atoms with van der Waals surface area (Å²) in [5, 5.41) is 10.9. The van der Waals surface area contributed by atoms with Crippen LogP contribution in [0.25, 0.3) is 0 Å². The van der Waals surface area contributed by atoms with E-state index >= 15 is 0 Å². The number of alkyl halides is 3. The fourth-order valence-electron chi connectivity index (χ4n) is 2.77. The van der Waals surface area contributed by atoms with Crippen LogP contribution in [-0.2, 0) is 12.7 Å². The number of rotatable bonds is 4. The molecule has 7 heteroatoms. The summed E-state index contributed by atoms with van der Waals surface area (Å²) in [5.41, 5.74) is 0.0348. The van der Waals surface area contributed by atoms with Crippen LogP contribution in [0.15, 0.2) is 36.5 Å². The molecule has 0 amide bonds. The summed E-state index contributed by atoms with van der Waals surface area (Å²) in [6.45, 7) is 4.22. The fourth-order valence-corrected chi connectivity index (χ4v) is 2.77. The third-order valence-corrected chi connectivity index (χ3v) is 4.15. The molecule has 1 aromatic heterocycles. The summed E-state index contributed by atoms with van der Waals surface area (Å²) in [6, 6.07) is 7.26. The molecule has 1 aliphatic heterocycles. The molecule has 0 saturated heterocycles. The lowest BCUT2D eigenvalue weighted by Crippen LogP contribution is -2.36. The zero-order chi connectivity index (χ0) is 16.4. The third kappa shape index (κ3) is 3.67. The summed E-state index contributed by atoms with van der Waals surface area (Å²) >= 11 is 0. The molecule has 2 atom stereocenters. The van der Waals surface area contributed by atoms with E-state index in [0.29, 0.717) is 18.0 Å². The van der Waals surface area contributed by atoms with Crippen molar-refractivity contribution < 1.29 is 13.2 Å². The summed E-state index contributed by atoms with van der Waals surface area (Å²) in [5.74, 6) is 1.35. The van der Waals surface area contributed by atoms with Gasteiger partial charge in [0.05, 0.1) is 11.8 Å². The molecule has 1 aromatic carbocycles. The maximum absolute atomic E-state index is 12.8. The molecular formula is C16H19F3N4. The Kier molecular flexibility index (Phi) is 4.30. The molecule has 2 aromatic rings. The molecular weight excluding hydrogens is 305 g/mol. The number of anilines is 1. The highest BCUT2D eigenvalue weighted by Gasteiger charge is 2.30. The third-order valence-electron chi connectivity index (χ3n) is 4.15. The number of hydrogen-bond acceptors (Lipinski definition) is 3. The predicted molar refractivity (Wildman–Crippen MR) is 82.1 cm³/mol. The highest BCUT2D eigenvalue weighted by molar-refractivity contribution is 5.35. The summed E-state index contributed by atoms with van der Waals surface area (Å²) in [4.78, 5) is 0. The Morgan fingerprint density at radius 1 is 1.39 bits per heavy atom. The normalized spacial score (nSPS) is 19.0. The predicted octanol–water partition coefficient (Wildman–Crippen LogP) is 3.29. The van der Waals surface area contributed by atoms with E-state index in [1.807, 2.05) is 17.7 Å². The molecule has 0 unspecified atom stereocenters. The van der Waals surface area contributed by atoms with Crippen LogP contribution < -0.4 is 10.6 Å². The molecule has 124 valence electrons. The second kappa shape index (κ2) is 6.23. The van der Waals surface area contributed by atoms with E-state index in [0.717, 1.165) is 25.0 Å². The lowest BCUT2D eigenvalue weighted by Gasteiger charge is -2.26. The Balaban J connectivity index is 1.59. The van der Waals surface area contributed by atoms with Crippen molar-refractivity contribution in [3.05, 3.63) is 47.7 Å². The SMILES string of the molecule is C[C@H](NC[C@H]1CNc2ccnn2C1)c1cccc(C(F)(F)F)c1. The number of fused-ring (bicyclic) bond motifs is 1. The molecule has 1 aliphatic rings. The van der Waals surface area contributed by atoms with Crippen LogP contribution >= 0.6 is 0 Å².